The molecule has 1 fully saturated rings. The number of rotatable bonds is 4. The van der Waals surface area contributed by atoms with Crippen molar-refractivity contribution in [3.8, 4) is 11.8 Å². The maximum atomic E-state index is 12.6. The van der Waals surface area contributed by atoms with Crippen molar-refractivity contribution in [3.05, 3.63) is 65.2 Å². The molecule has 2 aromatic rings. The molecule has 0 radical (unpaired) electrons. The molecule has 3 rings (SSSR count). The van der Waals surface area contributed by atoms with Gasteiger partial charge in [0.1, 0.15) is 12.4 Å². The number of carbonyl (C=O) groups is 1. The van der Waals surface area contributed by atoms with E-state index in [4.69, 9.17) is 10.00 Å². The number of aliphatic hydroxyl groups is 1. The quantitative estimate of drug-likeness (QED) is 0.932. The number of benzene rings is 2. The molecule has 1 saturated heterocycles. The number of hydrogen-bond donors (Lipinski definition) is 1. The van der Waals surface area contributed by atoms with E-state index in [1.165, 1.54) is 0 Å². The Labute approximate surface area is 147 Å². The first-order valence-electron chi connectivity index (χ1n) is 8.35. The largest absolute Gasteiger partial charge is 0.489 e. The molecule has 0 spiro atoms. The number of piperidine rings is 1. The predicted molar refractivity (Wildman–Crippen MR) is 93.1 cm³/mol. The number of nitrogens with zero attached hydrogens (tertiary/aromatic N) is 2. The van der Waals surface area contributed by atoms with Crippen LogP contribution in [0.15, 0.2) is 48.5 Å². The van der Waals surface area contributed by atoms with Gasteiger partial charge in [-0.3, -0.25) is 4.79 Å². The molecule has 0 aliphatic carbocycles. The maximum absolute atomic E-state index is 12.6. The van der Waals surface area contributed by atoms with Crippen molar-refractivity contribution in [2.24, 2.45) is 0 Å². The lowest BCUT2D eigenvalue weighted by molar-refractivity contribution is 0.0473. The molecule has 1 heterocycles. The van der Waals surface area contributed by atoms with Crippen LogP contribution < -0.4 is 4.74 Å². The SMILES string of the molecule is N#Cc1ccccc1COc1cccc(C(=O)N2CCCC(O)C2)c1. The fraction of sp³-hybridized carbons (Fsp3) is 0.300. The average Bonchev–Trinajstić information content (AvgIpc) is 2.66. The smallest absolute Gasteiger partial charge is 0.254 e. The van der Waals surface area contributed by atoms with E-state index in [0.29, 0.717) is 30.0 Å². The summed E-state index contributed by atoms with van der Waals surface area (Å²) in [6.07, 6.45) is 1.11. The van der Waals surface area contributed by atoms with Crippen molar-refractivity contribution in [1.29, 1.82) is 5.26 Å². The zero-order valence-corrected chi connectivity index (χ0v) is 13.9. The van der Waals surface area contributed by atoms with Gasteiger partial charge in [0, 0.05) is 24.2 Å². The first-order valence-corrected chi connectivity index (χ1v) is 8.35. The van der Waals surface area contributed by atoms with Crippen LogP contribution in [0.1, 0.15) is 34.3 Å². The maximum Gasteiger partial charge on any atom is 0.254 e. The third kappa shape index (κ3) is 4.17. The van der Waals surface area contributed by atoms with Crippen LogP contribution in [-0.4, -0.2) is 35.1 Å². The molecule has 1 aliphatic rings. The normalized spacial score (nSPS) is 17.0. The molecular weight excluding hydrogens is 316 g/mol. The van der Waals surface area contributed by atoms with Crippen LogP contribution in [0.3, 0.4) is 0 Å². The highest BCUT2D eigenvalue weighted by Crippen LogP contribution is 2.19. The van der Waals surface area contributed by atoms with Crippen molar-refractivity contribution in [1.82, 2.24) is 4.90 Å². The molecule has 1 amide bonds. The van der Waals surface area contributed by atoms with E-state index in [0.717, 1.165) is 18.4 Å². The van der Waals surface area contributed by atoms with Gasteiger partial charge in [0.15, 0.2) is 0 Å². The Morgan fingerprint density at radius 2 is 2.12 bits per heavy atom. The van der Waals surface area contributed by atoms with E-state index >= 15 is 0 Å². The second kappa shape index (κ2) is 7.82. The fourth-order valence-corrected chi connectivity index (χ4v) is 2.96. The molecule has 1 atom stereocenters. The minimum atomic E-state index is -0.445. The summed E-state index contributed by atoms with van der Waals surface area (Å²) < 4.78 is 5.76. The number of aliphatic hydroxyl groups excluding tert-OH is 1. The van der Waals surface area contributed by atoms with Crippen molar-refractivity contribution in [2.45, 2.75) is 25.6 Å². The summed E-state index contributed by atoms with van der Waals surface area (Å²) >= 11 is 0. The fourth-order valence-electron chi connectivity index (χ4n) is 2.96. The van der Waals surface area contributed by atoms with Crippen LogP contribution >= 0.6 is 0 Å². The second-order valence-corrected chi connectivity index (χ2v) is 6.13. The molecule has 1 unspecified atom stereocenters. The Morgan fingerprint density at radius 3 is 2.92 bits per heavy atom. The van der Waals surface area contributed by atoms with Crippen LogP contribution in [0.4, 0.5) is 0 Å². The van der Waals surface area contributed by atoms with Gasteiger partial charge in [-0.2, -0.15) is 5.26 Å². The lowest BCUT2D eigenvalue weighted by Crippen LogP contribution is -2.42. The number of ether oxygens (including phenoxy) is 1. The summed E-state index contributed by atoms with van der Waals surface area (Å²) in [6.45, 7) is 1.31. The monoisotopic (exact) mass is 336 g/mol. The van der Waals surface area contributed by atoms with Crippen LogP contribution in [0.2, 0.25) is 0 Å². The zero-order chi connectivity index (χ0) is 17.6. The summed E-state index contributed by atoms with van der Waals surface area (Å²) in [7, 11) is 0. The molecule has 2 aromatic carbocycles. The molecule has 0 bridgehead atoms. The molecule has 1 N–H and O–H groups in total. The molecular formula is C20H20N2O3. The molecule has 25 heavy (non-hydrogen) atoms. The minimum Gasteiger partial charge on any atom is -0.489 e. The lowest BCUT2D eigenvalue weighted by Gasteiger charge is -2.30. The number of hydrogen-bond acceptors (Lipinski definition) is 4. The standard InChI is InChI=1S/C20H20N2O3/c21-12-16-5-1-2-6-17(16)14-25-19-9-3-7-15(11-19)20(24)22-10-4-8-18(23)13-22/h1-3,5-7,9,11,18,23H,4,8,10,13-14H2. The van der Waals surface area contributed by atoms with E-state index in [1.807, 2.05) is 18.2 Å². The molecule has 1 aliphatic heterocycles. The Kier molecular flexibility index (Phi) is 5.32. The van der Waals surface area contributed by atoms with Gasteiger partial charge < -0.3 is 14.7 Å². The first-order chi connectivity index (χ1) is 12.2. The number of likely N-dealkylation sites (tertiary alicyclic amines) is 1. The van der Waals surface area contributed by atoms with Crippen LogP contribution in [0.5, 0.6) is 5.75 Å². The van der Waals surface area contributed by atoms with Crippen LogP contribution in [-0.2, 0) is 6.61 Å². The van der Waals surface area contributed by atoms with Crippen LogP contribution in [0.25, 0.3) is 0 Å². The van der Waals surface area contributed by atoms with E-state index < -0.39 is 6.10 Å². The Morgan fingerprint density at radius 1 is 1.28 bits per heavy atom. The number of β-amino-alcohol motifs (C(OH)–C–C–N with tert-alkyl or cyclic N) is 1. The Balaban J connectivity index is 1.69. The summed E-state index contributed by atoms with van der Waals surface area (Å²) in [5.74, 6) is 0.484. The highest BCUT2D eigenvalue weighted by atomic mass is 16.5. The predicted octanol–water partition coefficient (Wildman–Crippen LogP) is 2.73. The summed E-state index contributed by atoms with van der Waals surface area (Å²) in [5.41, 5.74) is 1.93. The number of nitriles is 1. The molecule has 5 heteroatoms. The van der Waals surface area contributed by atoms with Gasteiger partial charge >= 0.3 is 0 Å². The van der Waals surface area contributed by atoms with Gasteiger partial charge in [-0.25, -0.2) is 0 Å². The number of amides is 1. The highest BCUT2D eigenvalue weighted by molar-refractivity contribution is 5.94. The van der Waals surface area contributed by atoms with Crippen molar-refractivity contribution in [2.75, 3.05) is 13.1 Å². The third-order valence-corrected chi connectivity index (χ3v) is 4.30. The summed E-state index contributed by atoms with van der Waals surface area (Å²) in [4.78, 5) is 14.3. The van der Waals surface area contributed by atoms with E-state index in [-0.39, 0.29) is 12.5 Å². The van der Waals surface area contributed by atoms with E-state index in [1.54, 1.807) is 35.2 Å². The second-order valence-electron chi connectivity index (χ2n) is 6.13. The zero-order valence-electron chi connectivity index (χ0n) is 13.9. The van der Waals surface area contributed by atoms with E-state index in [2.05, 4.69) is 6.07 Å². The molecule has 0 aromatic heterocycles. The Bertz CT molecular complexity index is 798. The van der Waals surface area contributed by atoms with E-state index in [9.17, 15) is 9.90 Å². The van der Waals surface area contributed by atoms with Crippen LogP contribution in [0, 0.1) is 11.3 Å². The van der Waals surface area contributed by atoms with Gasteiger partial charge in [0.05, 0.1) is 17.7 Å². The minimum absolute atomic E-state index is 0.0957. The van der Waals surface area contributed by atoms with Gasteiger partial charge in [-0.05, 0) is 37.1 Å². The summed E-state index contributed by atoms with van der Waals surface area (Å²) in [5, 5.41) is 18.9. The van der Waals surface area contributed by atoms with Gasteiger partial charge in [0.25, 0.3) is 5.91 Å². The highest BCUT2D eigenvalue weighted by Gasteiger charge is 2.23. The number of carbonyl (C=O) groups excluding carboxylic acids is 1. The van der Waals surface area contributed by atoms with Crippen molar-refractivity contribution in [3.63, 3.8) is 0 Å². The first kappa shape index (κ1) is 17.0. The summed E-state index contributed by atoms with van der Waals surface area (Å²) in [6, 6.07) is 16.4. The Hall–Kier alpha value is -2.84. The van der Waals surface area contributed by atoms with Gasteiger partial charge in [0.2, 0.25) is 0 Å². The van der Waals surface area contributed by atoms with Crippen molar-refractivity contribution < 1.29 is 14.6 Å². The third-order valence-electron chi connectivity index (χ3n) is 4.30. The van der Waals surface area contributed by atoms with Gasteiger partial charge in [-0.1, -0.05) is 24.3 Å². The molecule has 128 valence electrons. The topological polar surface area (TPSA) is 73.6 Å². The van der Waals surface area contributed by atoms with Gasteiger partial charge in [-0.15, -0.1) is 0 Å². The lowest BCUT2D eigenvalue weighted by atomic mass is 10.1. The molecule has 5 nitrogen and oxygen atoms in total. The molecule has 0 saturated carbocycles. The van der Waals surface area contributed by atoms with Crippen molar-refractivity contribution >= 4 is 5.91 Å². The average molecular weight is 336 g/mol.